The van der Waals surface area contributed by atoms with Crippen molar-refractivity contribution < 1.29 is 14.4 Å². The van der Waals surface area contributed by atoms with Crippen molar-refractivity contribution in [3.8, 4) is 0 Å². The van der Waals surface area contributed by atoms with E-state index in [1.165, 1.54) is 6.08 Å². The van der Waals surface area contributed by atoms with Gasteiger partial charge in [-0.1, -0.05) is 18.7 Å². The van der Waals surface area contributed by atoms with Gasteiger partial charge in [0.05, 0.1) is 20.8 Å². The molecular formula is C25H27N5O3S. The molecule has 8 nitrogen and oxygen atoms in total. The van der Waals surface area contributed by atoms with Crippen molar-refractivity contribution >= 4 is 46.0 Å². The van der Waals surface area contributed by atoms with E-state index in [4.69, 9.17) is 4.98 Å². The number of thiophene rings is 1. The molecule has 176 valence electrons. The predicted molar refractivity (Wildman–Crippen MR) is 132 cm³/mol. The molecule has 0 unspecified atom stereocenters. The van der Waals surface area contributed by atoms with Crippen LogP contribution in [0.25, 0.3) is 11.0 Å². The Morgan fingerprint density at radius 3 is 2.65 bits per heavy atom. The summed E-state index contributed by atoms with van der Waals surface area (Å²) in [7, 11) is 0. The third-order valence-electron chi connectivity index (χ3n) is 6.84. The molecule has 34 heavy (non-hydrogen) atoms. The van der Waals surface area contributed by atoms with Gasteiger partial charge in [0.1, 0.15) is 0 Å². The Morgan fingerprint density at radius 1 is 1.18 bits per heavy atom. The molecule has 0 atom stereocenters. The topological polar surface area (TPSA) is 96.3 Å². The van der Waals surface area contributed by atoms with Crippen LogP contribution in [-0.2, 0) is 4.79 Å². The molecule has 9 heteroatoms. The van der Waals surface area contributed by atoms with E-state index in [2.05, 4.69) is 21.8 Å². The van der Waals surface area contributed by atoms with Crippen molar-refractivity contribution in [2.24, 2.45) is 5.41 Å². The summed E-state index contributed by atoms with van der Waals surface area (Å²) in [4.78, 5) is 44.7. The van der Waals surface area contributed by atoms with Crippen LogP contribution >= 0.6 is 11.3 Å². The number of hydrogen-bond donors (Lipinski definition) is 2. The minimum absolute atomic E-state index is 0.00991. The molecule has 1 aliphatic heterocycles. The number of amides is 3. The first-order valence-electron chi connectivity index (χ1n) is 11.5. The van der Waals surface area contributed by atoms with Gasteiger partial charge < -0.3 is 14.8 Å². The van der Waals surface area contributed by atoms with E-state index in [1.807, 2.05) is 36.1 Å². The number of benzene rings is 1. The molecule has 2 N–H and O–H groups in total. The Labute approximate surface area is 201 Å². The molecule has 1 saturated heterocycles. The number of imidazole rings is 1. The first-order valence-corrected chi connectivity index (χ1v) is 12.3. The number of para-hydroxylation sites is 2. The van der Waals surface area contributed by atoms with Crippen LogP contribution in [0, 0.1) is 5.41 Å². The van der Waals surface area contributed by atoms with Gasteiger partial charge in [-0.15, -0.1) is 11.3 Å². The van der Waals surface area contributed by atoms with Gasteiger partial charge in [-0.3, -0.25) is 19.7 Å². The second-order valence-corrected chi connectivity index (χ2v) is 10.1. The Balaban J connectivity index is 1.37. The molecule has 0 bridgehead atoms. The summed E-state index contributed by atoms with van der Waals surface area (Å²) in [6.45, 7) is 7.51. The molecule has 0 radical (unpaired) electrons. The summed E-state index contributed by atoms with van der Waals surface area (Å²) in [6, 6.07) is 11.4. The predicted octanol–water partition coefficient (Wildman–Crippen LogP) is 3.84. The van der Waals surface area contributed by atoms with Gasteiger partial charge in [-0.05, 0) is 61.9 Å². The lowest BCUT2D eigenvalue weighted by Gasteiger charge is -2.46. The normalized spacial score (nSPS) is 21.4. The van der Waals surface area contributed by atoms with Crippen molar-refractivity contribution in [3.63, 3.8) is 0 Å². The van der Waals surface area contributed by atoms with Crippen LogP contribution in [0.2, 0.25) is 0 Å². The second-order valence-electron chi connectivity index (χ2n) is 9.05. The lowest BCUT2D eigenvalue weighted by atomic mass is 9.65. The molecule has 1 aromatic carbocycles. The van der Waals surface area contributed by atoms with E-state index in [9.17, 15) is 14.4 Å². The van der Waals surface area contributed by atoms with Crippen molar-refractivity contribution in [3.05, 3.63) is 58.8 Å². The Hall–Kier alpha value is -3.46. The molecular weight excluding hydrogens is 450 g/mol. The van der Waals surface area contributed by atoms with E-state index in [0.29, 0.717) is 22.2 Å². The van der Waals surface area contributed by atoms with E-state index in [1.54, 1.807) is 12.1 Å². The maximum atomic E-state index is 13.0. The van der Waals surface area contributed by atoms with E-state index in [0.717, 1.165) is 54.7 Å². The zero-order valence-corrected chi connectivity index (χ0v) is 19.9. The zero-order chi connectivity index (χ0) is 23.9. The molecule has 3 heterocycles. The van der Waals surface area contributed by atoms with Gasteiger partial charge >= 0.3 is 0 Å². The number of carbonyl (C=O) groups is 3. The van der Waals surface area contributed by atoms with E-state index in [-0.39, 0.29) is 29.2 Å². The molecule has 2 aromatic heterocycles. The molecule has 2 fully saturated rings. The van der Waals surface area contributed by atoms with Crippen LogP contribution in [0.4, 0.5) is 5.95 Å². The molecule has 5 rings (SSSR count). The average Bonchev–Trinajstić information content (AvgIpc) is 3.54. The van der Waals surface area contributed by atoms with E-state index < -0.39 is 0 Å². The van der Waals surface area contributed by atoms with Gasteiger partial charge in [0.2, 0.25) is 11.9 Å². The highest BCUT2D eigenvalue weighted by molar-refractivity contribution is 7.16. The van der Waals surface area contributed by atoms with Crippen molar-refractivity contribution in [2.45, 2.75) is 32.2 Å². The first kappa shape index (κ1) is 22.3. The maximum Gasteiger partial charge on any atom is 0.268 e. The van der Waals surface area contributed by atoms with E-state index >= 15 is 0 Å². The Kier molecular flexibility index (Phi) is 5.73. The Bertz CT molecular complexity index is 1290. The minimum Gasteiger partial charge on any atom is -0.352 e. The quantitative estimate of drug-likeness (QED) is 0.527. The number of aromatic nitrogens is 2. The minimum atomic E-state index is -0.283. The molecule has 1 saturated carbocycles. The maximum absolute atomic E-state index is 13.0. The number of likely N-dealkylation sites (tertiary alicyclic amines) is 1. The number of nitrogens with one attached hydrogen (secondary N) is 2. The van der Waals surface area contributed by atoms with Crippen LogP contribution in [-0.4, -0.2) is 51.8 Å². The van der Waals surface area contributed by atoms with Gasteiger partial charge in [-0.25, -0.2) is 4.98 Å². The first-order chi connectivity index (χ1) is 16.4. The molecule has 1 spiro atoms. The largest absolute Gasteiger partial charge is 0.352 e. The lowest BCUT2D eigenvalue weighted by molar-refractivity contribution is -0.125. The number of nitrogens with zero attached hydrogens (tertiary/aromatic N) is 3. The standard InChI is InChI=1S/C25H27N5O3S/c1-3-21(31)29-12-11-25(15-29)13-16(14-25)30-18-8-6-5-7-17(18)27-24(30)28-23(33)20-10-9-19(34-20)22(32)26-4-2/h3,5-10,16H,1,4,11-15H2,2H3,(H,26,32)(H,27,28,33)/t16-,25-. The summed E-state index contributed by atoms with van der Waals surface area (Å²) in [5.74, 6) is 0.0363. The zero-order valence-electron chi connectivity index (χ0n) is 19.0. The number of rotatable bonds is 6. The summed E-state index contributed by atoms with van der Waals surface area (Å²) in [5, 5.41) is 5.73. The van der Waals surface area contributed by atoms with Crippen LogP contribution < -0.4 is 10.6 Å². The van der Waals surface area contributed by atoms with Crippen molar-refractivity contribution in [1.29, 1.82) is 0 Å². The fourth-order valence-electron chi connectivity index (χ4n) is 5.20. The fourth-order valence-corrected chi connectivity index (χ4v) is 6.02. The summed E-state index contributed by atoms with van der Waals surface area (Å²) >= 11 is 1.16. The SMILES string of the molecule is C=CC(=O)N1CC[C@]2(C1)C[C@H](n1c(NC(=O)c3ccc(C(=O)NCC)s3)nc3ccccc31)C2. The summed E-state index contributed by atoms with van der Waals surface area (Å²) < 4.78 is 2.12. The number of carbonyl (C=O) groups excluding carboxylic acids is 3. The summed E-state index contributed by atoms with van der Waals surface area (Å²) in [5.41, 5.74) is 1.91. The van der Waals surface area contributed by atoms with Gasteiger partial charge in [-0.2, -0.15) is 0 Å². The monoisotopic (exact) mass is 477 g/mol. The van der Waals surface area contributed by atoms with Crippen LogP contribution in [0.3, 0.4) is 0 Å². The highest BCUT2D eigenvalue weighted by Gasteiger charge is 2.50. The molecule has 3 aromatic rings. The van der Waals surface area contributed by atoms with Gasteiger partial charge in [0.25, 0.3) is 11.8 Å². The fraction of sp³-hybridized carbons (Fsp3) is 0.360. The van der Waals surface area contributed by atoms with Gasteiger partial charge in [0, 0.05) is 25.7 Å². The smallest absolute Gasteiger partial charge is 0.268 e. The average molecular weight is 478 g/mol. The Morgan fingerprint density at radius 2 is 1.91 bits per heavy atom. The van der Waals surface area contributed by atoms with Crippen molar-refractivity contribution in [1.82, 2.24) is 19.8 Å². The van der Waals surface area contributed by atoms with Crippen LogP contribution in [0.15, 0.2) is 49.1 Å². The molecule has 3 amide bonds. The van der Waals surface area contributed by atoms with Crippen LogP contribution in [0.1, 0.15) is 51.6 Å². The molecule has 1 aliphatic carbocycles. The van der Waals surface area contributed by atoms with Gasteiger partial charge in [0.15, 0.2) is 0 Å². The second kappa shape index (κ2) is 8.72. The number of anilines is 1. The highest BCUT2D eigenvalue weighted by atomic mass is 32.1. The lowest BCUT2D eigenvalue weighted by Crippen LogP contribution is -2.42. The summed E-state index contributed by atoms with van der Waals surface area (Å²) in [6.07, 6.45) is 4.22. The van der Waals surface area contributed by atoms with Crippen LogP contribution in [0.5, 0.6) is 0 Å². The van der Waals surface area contributed by atoms with Crippen molar-refractivity contribution in [2.75, 3.05) is 25.0 Å². The third-order valence-corrected chi connectivity index (χ3v) is 7.92. The third kappa shape index (κ3) is 3.90. The molecule has 2 aliphatic rings. The number of hydrogen-bond acceptors (Lipinski definition) is 5. The highest BCUT2D eigenvalue weighted by Crippen LogP contribution is 2.55. The number of fused-ring (bicyclic) bond motifs is 1.